The molecule has 1 fully saturated rings. The van der Waals surface area contributed by atoms with Gasteiger partial charge in [0, 0.05) is 18.8 Å². The number of para-hydroxylation sites is 1. The lowest BCUT2D eigenvalue weighted by molar-refractivity contribution is 0.0698. The first kappa shape index (κ1) is 13.7. The Morgan fingerprint density at radius 2 is 1.79 bits per heavy atom. The molecule has 1 saturated heterocycles. The van der Waals surface area contributed by atoms with Crippen molar-refractivity contribution in [2.75, 3.05) is 24.6 Å². The van der Waals surface area contributed by atoms with Gasteiger partial charge in [-0.3, -0.25) is 4.90 Å². The van der Waals surface area contributed by atoms with Crippen molar-refractivity contribution < 1.29 is 9.53 Å². The van der Waals surface area contributed by atoms with Gasteiger partial charge in [0.15, 0.2) is 0 Å². The molecule has 1 amide bonds. The number of hydrogen-bond acceptors (Lipinski definition) is 3. The average Bonchev–Trinajstić information content (AvgIpc) is 2.39. The van der Waals surface area contributed by atoms with Crippen LogP contribution in [-0.2, 0) is 4.74 Å². The molecule has 104 valence electrons. The summed E-state index contributed by atoms with van der Waals surface area (Å²) in [5.41, 5.74) is 1.21. The predicted molar refractivity (Wildman–Crippen MR) is 76.4 cm³/mol. The van der Waals surface area contributed by atoms with Crippen molar-refractivity contribution in [3.63, 3.8) is 0 Å². The van der Waals surface area contributed by atoms with Crippen LogP contribution in [0.1, 0.15) is 20.8 Å². The Morgan fingerprint density at radius 3 is 2.32 bits per heavy atom. The zero-order valence-corrected chi connectivity index (χ0v) is 11.9. The Morgan fingerprint density at radius 1 is 1.21 bits per heavy atom. The van der Waals surface area contributed by atoms with Crippen LogP contribution in [-0.4, -0.2) is 42.8 Å². The number of rotatable bonds is 2. The van der Waals surface area contributed by atoms with E-state index in [2.05, 4.69) is 30.9 Å². The maximum Gasteiger partial charge on any atom is 0.410 e. The molecule has 2 atom stereocenters. The zero-order valence-electron chi connectivity index (χ0n) is 11.9. The van der Waals surface area contributed by atoms with E-state index in [4.69, 9.17) is 4.74 Å². The number of nitrogens with zero attached hydrogens (tertiary/aromatic N) is 2. The second-order valence-electron chi connectivity index (χ2n) is 5.04. The first-order valence-corrected chi connectivity index (χ1v) is 6.88. The fourth-order valence-corrected chi connectivity index (χ4v) is 2.73. The Balaban J connectivity index is 2.08. The summed E-state index contributed by atoms with van der Waals surface area (Å²) in [4.78, 5) is 16.1. The van der Waals surface area contributed by atoms with Gasteiger partial charge in [-0.25, -0.2) is 4.79 Å². The van der Waals surface area contributed by atoms with E-state index in [0.717, 1.165) is 13.1 Å². The Kier molecular flexibility index (Phi) is 4.30. The number of carbonyl (C=O) groups is 1. The van der Waals surface area contributed by atoms with Crippen molar-refractivity contribution in [2.45, 2.75) is 32.9 Å². The first-order valence-electron chi connectivity index (χ1n) is 6.88. The summed E-state index contributed by atoms with van der Waals surface area (Å²) in [6.07, 6.45) is -0.199. The van der Waals surface area contributed by atoms with Crippen LogP contribution in [0, 0.1) is 0 Å². The Hall–Kier alpha value is -1.71. The number of piperazine rings is 1. The summed E-state index contributed by atoms with van der Waals surface area (Å²) in [6.45, 7) is 8.09. The van der Waals surface area contributed by atoms with Gasteiger partial charge in [0.2, 0.25) is 0 Å². The SMILES string of the molecule is CCOC(=O)N1[C@H](C)CN(c2ccccc2)C[C@H]1C. The molecule has 0 saturated carbocycles. The molecule has 1 aliphatic heterocycles. The molecule has 0 unspecified atom stereocenters. The number of amides is 1. The van der Waals surface area contributed by atoms with Crippen molar-refractivity contribution in [2.24, 2.45) is 0 Å². The first-order chi connectivity index (χ1) is 9.13. The van der Waals surface area contributed by atoms with Crippen molar-refractivity contribution in [3.8, 4) is 0 Å². The normalized spacial score (nSPS) is 23.3. The third-order valence-electron chi connectivity index (χ3n) is 3.52. The molecule has 4 heteroatoms. The van der Waals surface area contributed by atoms with Crippen LogP contribution in [0.25, 0.3) is 0 Å². The van der Waals surface area contributed by atoms with Crippen LogP contribution < -0.4 is 4.90 Å². The van der Waals surface area contributed by atoms with E-state index in [1.54, 1.807) is 0 Å². The van der Waals surface area contributed by atoms with Gasteiger partial charge in [0.1, 0.15) is 0 Å². The van der Waals surface area contributed by atoms with Gasteiger partial charge in [0.25, 0.3) is 0 Å². The zero-order chi connectivity index (χ0) is 13.8. The highest BCUT2D eigenvalue weighted by atomic mass is 16.6. The van der Waals surface area contributed by atoms with Gasteiger partial charge < -0.3 is 9.64 Å². The lowest BCUT2D eigenvalue weighted by Gasteiger charge is -2.44. The number of hydrogen-bond donors (Lipinski definition) is 0. The van der Waals surface area contributed by atoms with Gasteiger partial charge in [0.05, 0.1) is 18.7 Å². The summed E-state index contributed by atoms with van der Waals surface area (Å²) in [5, 5.41) is 0. The van der Waals surface area contributed by atoms with Crippen LogP contribution in [0.4, 0.5) is 10.5 Å². The van der Waals surface area contributed by atoms with E-state index in [-0.39, 0.29) is 18.2 Å². The van der Waals surface area contributed by atoms with Gasteiger partial charge in [-0.2, -0.15) is 0 Å². The molecule has 1 aromatic rings. The standard InChI is InChI=1S/C15H22N2O2/c1-4-19-15(18)17-12(2)10-16(11-13(17)3)14-8-6-5-7-9-14/h5-9,12-13H,4,10-11H2,1-3H3/t12-,13-/m1/s1. The lowest BCUT2D eigenvalue weighted by Crippen LogP contribution is -2.58. The molecule has 1 heterocycles. The van der Waals surface area contributed by atoms with E-state index in [1.807, 2.05) is 30.0 Å². The smallest absolute Gasteiger partial charge is 0.410 e. The topological polar surface area (TPSA) is 32.8 Å². The fraction of sp³-hybridized carbons (Fsp3) is 0.533. The van der Waals surface area contributed by atoms with Crippen LogP contribution in [0.3, 0.4) is 0 Å². The molecule has 2 rings (SSSR count). The minimum atomic E-state index is -0.199. The molecular formula is C15H22N2O2. The fourth-order valence-electron chi connectivity index (χ4n) is 2.73. The molecule has 0 aliphatic carbocycles. The summed E-state index contributed by atoms with van der Waals surface area (Å²) in [7, 11) is 0. The number of anilines is 1. The largest absolute Gasteiger partial charge is 0.450 e. The number of carbonyl (C=O) groups excluding carboxylic acids is 1. The Labute approximate surface area is 115 Å². The van der Waals surface area contributed by atoms with Crippen LogP contribution >= 0.6 is 0 Å². The quantitative estimate of drug-likeness (QED) is 0.821. The van der Waals surface area contributed by atoms with Gasteiger partial charge in [-0.15, -0.1) is 0 Å². The van der Waals surface area contributed by atoms with Crippen LogP contribution in [0.15, 0.2) is 30.3 Å². The van der Waals surface area contributed by atoms with Crippen molar-refractivity contribution in [1.29, 1.82) is 0 Å². The maximum atomic E-state index is 11.9. The summed E-state index contributed by atoms with van der Waals surface area (Å²) >= 11 is 0. The third kappa shape index (κ3) is 3.00. The van der Waals surface area contributed by atoms with Crippen molar-refractivity contribution in [3.05, 3.63) is 30.3 Å². The van der Waals surface area contributed by atoms with E-state index in [9.17, 15) is 4.79 Å². The second-order valence-corrected chi connectivity index (χ2v) is 5.04. The predicted octanol–water partition coefficient (Wildman–Crippen LogP) is 2.74. The highest BCUT2D eigenvalue weighted by Gasteiger charge is 2.33. The van der Waals surface area contributed by atoms with Crippen LogP contribution in [0.2, 0.25) is 0 Å². The van der Waals surface area contributed by atoms with Crippen LogP contribution in [0.5, 0.6) is 0 Å². The second kappa shape index (κ2) is 5.95. The molecule has 19 heavy (non-hydrogen) atoms. The molecule has 4 nitrogen and oxygen atoms in total. The van der Waals surface area contributed by atoms with Gasteiger partial charge >= 0.3 is 6.09 Å². The van der Waals surface area contributed by atoms with E-state index in [0.29, 0.717) is 6.61 Å². The highest BCUT2D eigenvalue weighted by molar-refractivity contribution is 5.69. The number of benzene rings is 1. The van der Waals surface area contributed by atoms with E-state index >= 15 is 0 Å². The van der Waals surface area contributed by atoms with E-state index < -0.39 is 0 Å². The molecule has 0 spiro atoms. The molecular weight excluding hydrogens is 240 g/mol. The molecule has 1 aliphatic rings. The number of ether oxygens (including phenoxy) is 1. The highest BCUT2D eigenvalue weighted by Crippen LogP contribution is 2.22. The molecule has 0 bridgehead atoms. The third-order valence-corrected chi connectivity index (χ3v) is 3.52. The summed E-state index contributed by atoms with van der Waals surface area (Å²) in [6, 6.07) is 10.6. The maximum absolute atomic E-state index is 11.9. The van der Waals surface area contributed by atoms with Gasteiger partial charge in [-0.1, -0.05) is 18.2 Å². The Bertz CT molecular complexity index is 409. The lowest BCUT2D eigenvalue weighted by atomic mass is 10.1. The minimum absolute atomic E-state index is 0.156. The summed E-state index contributed by atoms with van der Waals surface area (Å²) in [5.74, 6) is 0. The average molecular weight is 262 g/mol. The minimum Gasteiger partial charge on any atom is -0.450 e. The van der Waals surface area contributed by atoms with Gasteiger partial charge in [-0.05, 0) is 32.9 Å². The molecule has 1 aromatic carbocycles. The van der Waals surface area contributed by atoms with Crippen molar-refractivity contribution in [1.82, 2.24) is 4.90 Å². The van der Waals surface area contributed by atoms with Crippen molar-refractivity contribution >= 4 is 11.8 Å². The molecule has 0 radical (unpaired) electrons. The monoisotopic (exact) mass is 262 g/mol. The summed E-state index contributed by atoms with van der Waals surface area (Å²) < 4.78 is 5.13. The van der Waals surface area contributed by atoms with E-state index in [1.165, 1.54) is 5.69 Å². The molecule has 0 N–H and O–H groups in total. The molecule has 0 aromatic heterocycles.